The van der Waals surface area contributed by atoms with Crippen LogP contribution >= 0.6 is 0 Å². The molecule has 0 aliphatic carbocycles. The highest BCUT2D eigenvalue weighted by Gasteiger charge is 2.30. The van der Waals surface area contributed by atoms with E-state index in [9.17, 15) is 4.79 Å². The molecule has 0 bridgehead atoms. The molecule has 2 saturated heterocycles. The molecule has 24 heavy (non-hydrogen) atoms. The molecule has 1 amide bonds. The fraction of sp³-hybridized carbons (Fsp3) is 0.684. The number of pyridine rings is 1. The number of rotatable bonds is 4. The summed E-state index contributed by atoms with van der Waals surface area (Å²) in [4.78, 5) is 23.8. The summed E-state index contributed by atoms with van der Waals surface area (Å²) >= 11 is 0. The van der Waals surface area contributed by atoms with Gasteiger partial charge < -0.3 is 4.90 Å². The van der Waals surface area contributed by atoms with Crippen LogP contribution in [0.25, 0.3) is 0 Å². The van der Waals surface area contributed by atoms with E-state index in [0.717, 1.165) is 52.1 Å². The van der Waals surface area contributed by atoms with Gasteiger partial charge in [0.2, 0.25) is 5.91 Å². The van der Waals surface area contributed by atoms with Gasteiger partial charge in [-0.05, 0) is 44.7 Å². The Morgan fingerprint density at radius 2 is 1.67 bits per heavy atom. The topological polar surface area (TPSA) is 39.7 Å². The molecule has 0 N–H and O–H groups in total. The molecule has 2 unspecified atom stereocenters. The fourth-order valence-corrected chi connectivity index (χ4v) is 3.88. The number of piperidine rings is 1. The molecule has 3 rings (SSSR count). The van der Waals surface area contributed by atoms with Gasteiger partial charge in [-0.25, -0.2) is 0 Å². The molecule has 5 heteroatoms. The molecule has 2 aliphatic heterocycles. The van der Waals surface area contributed by atoms with Crippen LogP contribution in [0.1, 0.15) is 44.7 Å². The van der Waals surface area contributed by atoms with Gasteiger partial charge in [0.25, 0.3) is 0 Å². The van der Waals surface area contributed by atoms with Crippen molar-refractivity contribution in [2.24, 2.45) is 0 Å². The smallest absolute Gasteiger partial charge is 0.239 e. The second-order valence-corrected chi connectivity index (χ2v) is 7.10. The molecule has 1 aromatic heterocycles. The number of carbonyl (C=O) groups excluding carboxylic acids is 1. The SMILES string of the molecule is CC(C(=O)N1CCCCC1)N1CCN(C(C)c2cccnc2)CC1. The minimum atomic E-state index is 0.0129. The van der Waals surface area contributed by atoms with E-state index in [2.05, 4.69) is 39.6 Å². The van der Waals surface area contributed by atoms with E-state index in [0.29, 0.717) is 11.9 Å². The molecule has 2 fully saturated rings. The molecule has 2 aliphatic rings. The minimum absolute atomic E-state index is 0.0129. The summed E-state index contributed by atoms with van der Waals surface area (Å²) in [5.41, 5.74) is 1.27. The van der Waals surface area contributed by atoms with Crippen molar-refractivity contribution >= 4 is 5.91 Å². The zero-order valence-corrected chi connectivity index (χ0v) is 15.0. The monoisotopic (exact) mass is 330 g/mol. The Morgan fingerprint density at radius 3 is 2.29 bits per heavy atom. The number of amides is 1. The number of hydrogen-bond donors (Lipinski definition) is 0. The summed E-state index contributed by atoms with van der Waals surface area (Å²) in [5.74, 6) is 0.323. The highest BCUT2D eigenvalue weighted by Crippen LogP contribution is 2.22. The molecule has 1 aromatic rings. The molecule has 0 radical (unpaired) electrons. The Balaban J connectivity index is 1.51. The van der Waals surface area contributed by atoms with Crippen LogP contribution < -0.4 is 0 Å². The number of likely N-dealkylation sites (tertiary alicyclic amines) is 1. The van der Waals surface area contributed by atoms with E-state index in [4.69, 9.17) is 0 Å². The average molecular weight is 330 g/mol. The summed E-state index contributed by atoms with van der Waals surface area (Å²) in [6.07, 6.45) is 7.37. The van der Waals surface area contributed by atoms with Crippen LogP contribution in [0, 0.1) is 0 Å². The number of hydrogen-bond acceptors (Lipinski definition) is 4. The van der Waals surface area contributed by atoms with Crippen molar-refractivity contribution < 1.29 is 4.79 Å². The van der Waals surface area contributed by atoms with Crippen molar-refractivity contribution in [3.63, 3.8) is 0 Å². The maximum absolute atomic E-state index is 12.7. The van der Waals surface area contributed by atoms with Crippen LogP contribution in [-0.2, 0) is 4.79 Å². The molecule has 0 aromatic carbocycles. The highest BCUT2D eigenvalue weighted by molar-refractivity contribution is 5.81. The maximum Gasteiger partial charge on any atom is 0.239 e. The summed E-state index contributed by atoms with van der Waals surface area (Å²) in [6.45, 7) is 10.2. The van der Waals surface area contributed by atoms with Crippen LogP contribution in [0.15, 0.2) is 24.5 Å². The van der Waals surface area contributed by atoms with Crippen molar-refractivity contribution in [2.75, 3.05) is 39.3 Å². The third kappa shape index (κ3) is 3.95. The minimum Gasteiger partial charge on any atom is -0.341 e. The van der Waals surface area contributed by atoms with E-state index in [1.54, 1.807) is 0 Å². The summed E-state index contributed by atoms with van der Waals surface area (Å²) < 4.78 is 0. The Bertz CT molecular complexity index is 521. The first-order chi connectivity index (χ1) is 11.7. The fourth-order valence-electron chi connectivity index (χ4n) is 3.88. The van der Waals surface area contributed by atoms with Crippen LogP contribution in [0.3, 0.4) is 0 Å². The second kappa shape index (κ2) is 8.08. The maximum atomic E-state index is 12.7. The van der Waals surface area contributed by atoms with E-state index in [-0.39, 0.29) is 6.04 Å². The molecule has 132 valence electrons. The first kappa shape index (κ1) is 17.4. The van der Waals surface area contributed by atoms with Crippen LogP contribution in [0.2, 0.25) is 0 Å². The van der Waals surface area contributed by atoms with Gasteiger partial charge in [-0.15, -0.1) is 0 Å². The Hall–Kier alpha value is -1.46. The van der Waals surface area contributed by atoms with Crippen LogP contribution in [0.4, 0.5) is 0 Å². The molecule has 5 nitrogen and oxygen atoms in total. The molecule has 0 spiro atoms. The normalized spacial score (nSPS) is 23.0. The van der Waals surface area contributed by atoms with Crippen LogP contribution in [-0.4, -0.2) is 70.9 Å². The lowest BCUT2D eigenvalue weighted by Crippen LogP contribution is -2.55. The highest BCUT2D eigenvalue weighted by atomic mass is 16.2. The van der Waals surface area contributed by atoms with Crippen molar-refractivity contribution in [3.05, 3.63) is 30.1 Å². The Labute approximate surface area is 145 Å². The lowest BCUT2D eigenvalue weighted by Gasteiger charge is -2.41. The summed E-state index contributed by atoms with van der Waals surface area (Å²) in [6, 6.07) is 4.54. The third-order valence-electron chi connectivity index (χ3n) is 5.64. The van der Waals surface area contributed by atoms with Crippen molar-refractivity contribution in [3.8, 4) is 0 Å². The first-order valence-corrected chi connectivity index (χ1v) is 9.33. The van der Waals surface area contributed by atoms with Gasteiger partial charge in [0.1, 0.15) is 0 Å². The summed E-state index contributed by atoms with van der Waals surface area (Å²) in [7, 11) is 0. The lowest BCUT2D eigenvalue weighted by molar-refractivity contribution is -0.138. The second-order valence-electron chi connectivity index (χ2n) is 7.10. The van der Waals surface area contributed by atoms with Gasteiger partial charge in [0.15, 0.2) is 0 Å². The van der Waals surface area contributed by atoms with E-state index in [1.807, 2.05) is 18.5 Å². The number of carbonyl (C=O) groups is 1. The summed E-state index contributed by atoms with van der Waals surface area (Å²) in [5, 5.41) is 0. The molecule has 3 heterocycles. The van der Waals surface area contributed by atoms with E-state index >= 15 is 0 Å². The van der Waals surface area contributed by atoms with Gasteiger partial charge in [-0.3, -0.25) is 19.6 Å². The van der Waals surface area contributed by atoms with Gasteiger partial charge in [-0.2, -0.15) is 0 Å². The predicted molar refractivity (Wildman–Crippen MR) is 95.7 cm³/mol. The lowest BCUT2D eigenvalue weighted by atomic mass is 10.1. The predicted octanol–water partition coefficient (Wildman–Crippen LogP) is 2.16. The number of piperazine rings is 1. The molecule has 2 atom stereocenters. The standard InChI is InChI=1S/C19H30N4O/c1-16(18-7-6-8-20-15-18)21-11-13-22(14-12-21)17(2)19(24)23-9-4-3-5-10-23/h6-8,15-17H,3-5,9-14H2,1-2H3. The Kier molecular flexibility index (Phi) is 5.85. The van der Waals surface area contributed by atoms with E-state index in [1.165, 1.54) is 12.0 Å². The third-order valence-corrected chi connectivity index (χ3v) is 5.64. The van der Waals surface area contributed by atoms with Crippen LogP contribution in [0.5, 0.6) is 0 Å². The van der Waals surface area contributed by atoms with Crippen molar-refractivity contribution in [1.29, 1.82) is 0 Å². The van der Waals surface area contributed by atoms with Gasteiger partial charge in [-0.1, -0.05) is 6.07 Å². The molecular weight excluding hydrogens is 300 g/mol. The average Bonchev–Trinajstić information content (AvgIpc) is 2.68. The van der Waals surface area contributed by atoms with Gasteiger partial charge in [0, 0.05) is 57.7 Å². The molecule has 0 saturated carbocycles. The van der Waals surface area contributed by atoms with Crippen molar-refractivity contribution in [2.45, 2.75) is 45.2 Å². The van der Waals surface area contributed by atoms with Gasteiger partial charge in [0.05, 0.1) is 6.04 Å². The number of nitrogens with zero attached hydrogens (tertiary/aromatic N) is 4. The number of aromatic nitrogens is 1. The zero-order valence-electron chi connectivity index (χ0n) is 15.0. The van der Waals surface area contributed by atoms with Crippen molar-refractivity contribution in [1.82, 2.24) is 19.7 Å². The first-order valence-electron chi connectivity index (χ1n) is 9.33. The zero-order chi connectivity index (χ0) is 16.9. The largest absolute Gasteiger partial charge is 0.341 e. The quantitative estimate of drug-likeness (QED) is 0.848. The molecular formula is C19H30N4O. The van der Waals surface area contributed by atoms with E-state index < -0.39 is 0 Å². The Morgan fingerprint density at radius 1 is 1.00 bits per heavy atom. The van der Waals surface area contributed by atoms with Gasteiger partial charge >= 0.3 is 0 Å².